The van der Waals surface area contributed by atoms with E-state index in [0.29, 0.717) is 0 Å². The van der Waals surface area contributed by atoms with Gasteiger partial charge in [0.2, 0.25) is 0 Å². The Labute approximate surface area is 128 Å². The van der Waals surface area contributed by atoms with Crippen LogP contribution in [0.15, 0.2) is 60.7 Å². The Morgan fingerprint density at radius 3 is 1.17 bits per heavy atom. The Bertz CT molecular complexity index is 545. The maximum Gasteiger partial charge on any atom is 1.00 e. The first-order chi connectivity index (χ1) is 8.35. The summed E-state index contributed by atoms with van der Waals surface area (Å²) in [6.45, 7) is -0.500. The Kier molecular flexibility index (Phi) is 5.86. The fourth-order valence-corrected chi connectivity index (χ4v) is 1.88. The largest absolute Gasteiger partial charge is 1.00 e. The third kappa shape index (κ3) is 3.33. The number of carboxylic acid groups (broad SMARTS) is 1. The van der Waals surface area contributed by atoms with Gasteiger partial charge in [0.1, 0.15) is 0 Å². The van der Waals surface area contributed by atoms with Crippen LogP contribution in [-0.4, -0.2) is 6.47 Å². The molecule has 0 amide bonds. The molecule has 0 saturated heterocycles. The van der Waals surface area contributed by atoms with Gasteiger partial charge in [0, 0.05) is 6.47 Å². The molecule has 0 unspecified atom stereocenters. The zero-order chi connectivity index (χ0) is 12.1. The second kappa shape index (κ2) is 7.17. The minimum atomic E-state index is -0.500. The fraction of sp³-hybridized carbons (Fsp3) is 0. The predicted molar refractivity (Wildman–Crippen MR) is 67.5 cm³/mol. The number of hydrogen-bond donors (Lipinski definition) is 0. The molecule has 0 fully saturated rings. The molecule has 3 rings (SSSR count). The first kappa shape index (κ1) is 14.7. The molecule has 0 bridgehead atoms. The Balaban J connectivity index is 0.000000372. The molecule has 0 aromatic heterocycles. The summed E-state index contributed by atoms with van der Waals surface area (Å²) in [6, 6.07) is 21.4. The molecular formula is C15H11NaO2. The van der Waals surface area contributed by atoms with E-state index < -0.39 is 6.47 Å². The number of fused-ring (bicyclic) bond motifs is 2. The molecular weight excluding hydrogens is 235 g/mol. The molecule has 0 aliphatic carbocycles. The van der Waals surface area contributed by atoms with E-state index in [9.17, 15) is 0 Å². The van der Waals surface area contributed by atoms with Gasteiger partial charge in [-0.1, -0.05) is 48.5 Å². The third-order valence-corrected chi connectivity index (χ3v) is 2.61. The second-order valence-electron chi connectivity index (χ2n) is 3.64. The van der Waals surface area contributed by atoms with Gasteiger partial charge in [0.25, 0.3) is 0 Å². The molecule has 0 saturated carbocycles. The van der Waals surface area contributed by atoms with Crippen LogP contribution in [0, 0.1) is 0 Å². The maximum atomic E-state index is 8.25. The summed E-state index contributed by atoms with van der Waals surface area (Å²) in [4.78, 5) is 8.25. The zero-order valence-corrected chi connectivity index (χ0v) is 12.2. The van der Waals surface area contributed by atoms with Gasteiger partial charge in [0.05, 0.1) is 0 Å². The molecule has 3 aromatic rings. The van der Waals surface area contributed by atoms with Crippen LogP contribution in [0.5, 0.6) is 0 Å². The monoisotopic (exact) mass is 246 g/mol. The van der Waals surface area contributed by atoms with Gasteiger partial charge in [-0.25, -0.2) is 0 Å². The van der Waals surface area contributed by atoms with Gasteiger partial charge in [-0.05, 0) is 33.7 Å². The topological polar surface area (TPSA) is 40.1 Å². The van der Waals surface area contributed by atoms with Gasteiger partial charge >= 0.3 is 29.6 Å². The van der Waals surface area contributed by atoms with Crippen molar-refractivity contribution in [3.8, 4) is 0 Å². The molecule has 18 heavy (non-hydrogen) atoms. The number of carbonyl (C=O) groups excluding carboxylic acids is 1. The van der Waals surface area contributed by atoms with Crippen LogP contribution < -0.4 is 34.7 Å². The van der Waals surface area contributed by atoms with Crippen LogP contribution in [-0.2, 0) is 4.79 Å². The van der Waals surface area contributed by atoms with E-state index in [1.807, 2.05) is 0 Å². The Morgan fingerprint density at radius 2 is 0.944 bits per heavy atom. The standard InChI is InChI=1S/C14H10.CH2O2.Na/c1-2-6-12-10-14-8-4-3-7-13(14)9-11(12)5-1;2-1-3;/h1-10H;1H,(H,2,3);/q;;+1/p-1. The summed E-state index contributed by atoms with van der Waals surface area (Å²) < 4.78 is 0. The minimum Gasteiger partial charge on any atom is -0.554 e. The molecule has 2 nitrogen and oxygen atoms in total. The summed E-state index contributed by atoms with van der Waals surface area (Å²) in [5, 5.41) is 13.5. The minimum absolute atomic E-state index is 0. The summed E-state index contributed by atoms with van der Waals surface area (Å²) >= 11 is 0. The molecule has 84 valence electrons. The van der Waals surface area contributed by atoms with Crippen molar-refractivity contribution in [2.45, 2.75) is 0 Å². The van der Waals surface area contributed by atoms with Crippen molar-refractivity contribution in [3.05, 3.63) is 60.7 Å². The van der Waals surface area contributed by atoms with Gasteiger partial charge in [-0.3, -0.25) is 0 Å². The normalized spacial score (nSPS) is 9.11. The summed E-state index contributed by atoms with van der Waals surface area (Å²) in [5.74, 6) is 0. The van der Waals surface area contributed by atoms with Crippen molar-refractivity contribution in [3.63, 3.8) is 0 Å². The van der Waals surface area contributed by atoms with E-state index in [0.717, 1.165) is 0 Å². The van der Waals surface area contributed by atoms with Crippen LogP contribution >= 0.6 is 0 Å². The predicted octanol–water partition coefficient (Wildman–Crippen LogP) is -0.637. The molecule has 0 atom stereocenters. The molecule has 0 heterocycles. The molecule has 3 aromatic carbocycles. The Hall–Kier alpha value is -1.35. The van der Waals surface area contributed by atoms with E-state index in [1.165, 1.54) is 21.5 Å². The number of benzene rings is 3. The van der Waals surface area contributed by atoms with Crippen molar-refractivity contribution < 1.29 is 39.5 Å². The molecule has 0 N–H and O–H groups in total. The van der Waals surface area contributed by atoms with Crippen LogP contribution in [0.1, 0.15) is 0 Å². The molecule has 0 spiro atoms. The quantitative estimate of drug-likeness (QED) is 0.301. The van der Waals surface area contributed by atoms with Crippen LogP contribution in [0.25, 0.3) is 21.5 Å². The van der Waals surface area contributed by atoms with E-state index >= 15 is 0 Å². The van der Waals surface area contributed by atoms with Crippen LogP contribution in [0.3, 0.4) is 0 Å². The van der Waals surface area contributed by atoms with Crippen LogP contribution in [0.2, 0.25) is 0 Å². The Morgan fingerprint density at radius 1 is 0.722 bits per heavy atom. The van der Waals surface area contributed by atoms with Gasteiger partial charge in [-0.15, -0.1) is 0 Å². The van der Waals surface area contributed by atoms with Gasteiger partial charge in [0.15, 0.2) is 0 Å². The van der Waals surface area contributed by atoms with Crippen molar-refractivity contribution in [1.29, 1.82) is 0 Å². The SMILES string of the molecule is O=C[O-].[Na+].c1ccc2cc3ccccc3cc2c1. The number of carbonyl (C=O) groups is 1. The van der Waals surface area contributed by atoms with E-state index in [4.69, 9.17) is 9.90 Å². The first-order valence-electron chi connectivity index (χ1n) is 5.28. The average Bonchev–Trinajstić information content (AvgIpc) is 2.37. The summed E-state index contributed by atoms with van der Waals surface area (Å²) in [6.07, 6.45) is 0. The van der Waals surface area contributed by atoms with E-state index in [-0.39, 0.29) is 29.6 Å². The second-order valence-corrected chi connectivity index (χ2v) is 3.64. The van der Waals surface area contributed by atoms with Crippen molar-refractivity contribution >= 4 is 28.0 Å². The van der Waals surface area contributed by atoms with E-state index in [1.54, 1.807) is 0 Å². The van der Waals surface area contributed by atoms with Crippen LogP contribution in [0.4, 0.5) is 0 Å². The summed E-state index contributed by atoms with van der Waals surface area (Å²) in [7, 11) is 0. The smallest absolute Gasteiger partial charge is 0.554 e. The van der Waals surface area contributed by atoms with Gasteiger partial charge < -0.3 is 9.90 Å². The number of hydrogen-bond acceptors (Lipinski definition) is 2. The van der Waals surface area contributed by atoms with Crippen molar-refractivity contribution in [2.24, 2.45) is 0 Å². The summed E-state index contributed by atoms with van der Waals surface area (Å²) in [5.41, 5.74) is 0. The average molecular weight is 246 g/mol. The molecule has 0 aliphatic heterocycles. The molecule has 0 radical (unpaired) electrons. The molecule has 0 aliphatic rings. The first-order valence-corrected chi connectivity index (χ1v) is 5.28. The van der Waals surface area contributed by atoms with Crippen molar-refractivity contribution in [2.75, 3.05) is 0 Å². The molecule has 3 heteroatoms. The van der Waals surface area contributed by atoms with E-state index in [2.05, 4.69) is 60.7 Å². The van der Waals surface area contributed by atoms with Gasteiger partial charge in [-0.2, -0.15) is 0 Å². The third-order valence-electron chi connectivity index (χ3n) is 2.61. The van der Waals surface area contributed by atoms with Crippen molar-refractivity contribution in [1.82, 2.24) is 0 Å². The maximum absolute atomic E-state index is 8.25. The number of rotatable bonds is 0. The fourth-order valence-electron chi connectivity index (χ4n) is 1.88. The zero-order valence-electron chi connectivity index (χ0n) is 10.2.